The van der Waals surface area contributed by atoms with E-state index in [0.29, 0.717) is 11.4 Å². The number of benzene rings is 1. The number of nitrogens with zero attached hydrogens (tertiary/aromatic N) is 3. The number of nitriles is 1. The van der Waals surface area contributed by atoms with Crippen LogP contribution < -0.4 is 5.32 Å². The molecule has 0 bridgehead atoms. The fourth-order valence-electron chi connectivity index (χ4n) is 1.64. The third kappa shape index (κ3) is 2.23. The van der Waals surface area contributed by atoms with Gasteiger partial charge in [0, 0.05) is 5.69 Å². The van der Waals surface area contributed by atoms with Gasteiger partial charge >= 0.3 is 0 Å². The number of hydrogen-bond acceptors (Lipinski definition) is 4. The largest absolute Gasteiger partial charge is 0.339 e. The summed E-state index contributed by atoms with van der Waals surface area (Å²) in [6.07, 6.45) is 2.93. The SMILES string of the molecule is Cc1cccc(C)c1Nc1ncncc1C#N. The Morgan fingerprint density at radius 2 is 1.94 bits per heavy atom. The highest BCUT2D eigenvalue weighted by molar-refractivity contribution is 5.67. The third-order valence-corrected chi connectivity index (χ3v) is 2.56. The molecule has 1 aromatic carbocycles. The molecule has 2 aromatic rings. The van der Waals surface area contributed by atoms with Gasteiger partial charge in [0.1, 0.15) is 18.0 Å². The van der Waals surface area contributed by atoms with Crippen molar-refractivity contribution in [2.24, 2.45) is 0 Å². The topological polar surface area (TPSA) is 61.6 Å². The van der Waals surface area contributed by atoms with Gasteiger partial charge < -0.3 is 5.32 Å². The van der Waals surface area contributed by atoms with Crippen LogP contribution in [0.15, 0.2) is 30.7 Å². The van der Waals surface area contributed by atoms with Crippen LogP contribution in [0, 0.1) is 25.2 Å². The zero-order chi connectivity index (χ0) is 12.3. The molecule has 4 nitrogen and oxygen atoms in total. The maximum absolute atomic E-state index is 8.97. The van der Waals surface area contributed by atoms with E-state index in [0.717, 1.165) is 16.8 Å². The quantitative estimate of drug-likeness (QED) is 0.851. The minimum Gasteiger partial charge on any atom is -0.339 e. The van der Waals surface area contributed by atoms with Gasteiger partial charge in [-0.15, -0.1) is 0 Å². The van der Waals surface area contributed by atoms with Crippen molar-refractivity contribution in [3.05, 3.63) is 47.4 Å². The highest BCUT2D eigenvalue weighted by atomic mass is 15.0. The predicted octanol–water partition coefficient (Wildman–Crippen LogP) is 2.71. The maximum atomic E-state index is 8.97. The van der Waals surface area contributed by atoms with Crippen LogP contribution in [0.1, 0.15) is 16.7 Å². The average Bonchev–Trinajstić information content (AvgIpc) is 2.34. The van der Waals surface area contributed by atoms with Gasteiger partial charge in [0.15, 0.2) is 5.82 Å². The lowest BCUT2D eigenvalue weighted by Crippen LogP contribution is -2.00. The number of nitrogens with one attached hydrogen (secondary N) is 1. The first-order valence-electron chi connectivity index (χ1n) is 5.25. The highest BCUT2D eigenvalue weighted by Crippen LogP contribution is 2.24. The van der Waals surface area contributed by atoms with E-state index >= 15 is 0 Å². The Balaban J connectivity index is 2.42. The summed E-state index contributed by atoms with van der Waals surface area (Å²) in [7, 11) is 0. The zero-order valence-corrected chi connectivity index (χ0v) is 9.73. The van der Waals surface area contributed by atoms with E-state index in [-0.39, 0.29) is 0 Å². The molecule has 84 valence electrons. The van der Waals surface area contributed by atoms with Gasteiger partial charge in [0.05, 0.1) is 6.20 Å². The van der Waals surface area contributed by atoms with Crippen molar-refractivity contribution in [2.45, 2.75) is 13.8 Å². The monoisotopic (exact) mass is 224 g/mol. The lowest BCUT2D eigenvalue weighted by atomic mass is 10.1. The van der Waals surface area contributed by atoms with Gasteiger partial charge in [0.2, 0.25) is 0 Å². The first-order chi connectivity index (χ1) is 8.22. The van der Waals surface area contributed by atoms with E-state index in [1.807, 2.05) is 32.0 Å². The van der Waals surface area contributed by atoms with E-state index in [1.54, 1.807) is 0 Å². The van der Waals surface area contributed by atoms with Crippen molar-refractivity contribution in [3.63, 3.8) is 0 Å². The molecule has 0 unspecified atom stereocenters. The summed E-state index contributed by atoms with van der Waals surface area (Å²) in [6.45, 7) is 4.03. The summed E-state index contributed by atoms with van der Waals surface area (Å²) in [6, 6.07) is 8.10. The Kier molecular flexibility index (Phi) is 3.01. The third-order valence-electron chi connectivity index (χ3n) is 2.56. The molecule has 4 heteroatoms. The van der Waals surface area contributed by atoms with E-state index in [9.17, 15) is 0 Å². The standard InChI is InChI=1S/C13H12N4/c1-9-4-3-5-10(2)12(9)17-13-11(6-14)7-15-8-16-13/h3-5,7-8H,1-2H3,(H,15,16,17). The zero-order valence-electron chi connectivity index (χ0n) is 9.73. The minimum absolute atomic E-state index is 0.440. The number of rotatable bonds is 2. The van der Waals surface area contributed by atoms with Gasteiger partial charge in [-0.05, 0) is 25.0 Å². The fourth-order valence-corrected chi connectivity index (χ4v) is 1.64. The normalized spacial score (nSPS) is 9.71. The van der Waals surface area contributed by atoms with Gasteiger partial charge in [-0.25, -0.2) is 9.97 Å². The Bertz CT molecular complexity index is 564. The Hall–Kier alpha value is -2.41. The number of aromatic nitrogens is 2. The first-order valence-corrected chi connectivity index (χ1v) is 5.25. The Labute approximate surface area is 100.0 Å². The van der Waals surface area contributed by atoms with Gasteiger partial charge in [0.25, 0.3) is 0 Å². The van der Waals surface area contributed by atoms with Crippen LogP contribution in [-0.2, 0) is 0 Å². The summed E-state index contributed by atoms with van der Waals surface area (Å²) in [5.41, 5.74) is 3.66. The van der Waals surface area contributed by atoms with E-state index in [1.165, 1.54) is 12.5 Å². The smallest absolute Gasteiger partial charge is 0.151 e. The molecule has 1 heterocycles. The summed E-state index contributed by atoms with van der Waals surface area (Å²) < 4.78 is 0. The lowest BCUT2D eigenvalue weighted by molar-refractivity contribution is 1.15. The summed E-state index contributed by atoms with van der Waals surface area (Å²) in [4.78, 5) is 7.91. The molecule has 0 saturated carbocycles. The summed E-state index contributed by atoms with van der Waals surface area (Å²) >= 11 is 0. The molecule has 0 fully saturated rings. The molecule has 0 saturated heterocycles. The maximum Gasteiger partial charge on any atom is 0.151 e. The number of aryl methyl sites for hydroxylation is 2. The van der Waals surface area contributed by atoms with Crippen molar-refractivity contribution in [3.8, 4) is 6.07 Å². The predicted molar refractivity (Wildman–Crippen MR) is 65.9 cm³/mol. The number of hydrogen-bond donors (Lipinski definition) is 1. The molecule has 0 spiro atoms. The van der Waals surface area contributed by atoms with Crippen LogP contribution in [0.2, 0.25) is 0 Å². The van der Waals surface area contributed by atoms with Gasteiger partial charge in [-0.1, -0.05) is 18.2 Å². The first kappa shape index (κ1) is 11.1. The van der Waals surface area contributed by atoms with E-state index in [4.69, 9.17) is 5.26 Å². The second-order valence-electron chi connectivity index (χ2n) is 3.79. The Morgan fingerprint density at radius 1 is 1.24 bits per heavy atom. The van der Waals surface area contributed by atoms with Gasteiger partial charge in [-0.2, -0.15) is 5.26 Å². The second-order valence-corrected chi connectivity index (χ2v) is 3.79. The van der Waals surface area contributed by atoms with Crippen molar-refractivity contribution in [2.75, 3.05) is 5.32 Å². The summed E-state index contributed by atoms with van der Waals surface area (Å²) in [5, 5.41) is 12.2. The molecule has 0 atom stereocenters. The molecule has 1 N–H and O–H groups in total. The van der Waals surface area contributed by atoms with Crippen LogP contribution in [0.25, 0.3) is 0 Å². The average molecular weight is 224 g/mol. The molecular formula is C13H12N4. The molecule has 0 aliphatic carbocycles. The van der Waals surface area contributed by atoms with E-state index < -0.39 is 0 Å². The molecule has 0 aliphatic rings. The van der Waals surface area contributed by atoms with Crippen molar-refractivity contribution in [1.29, 1.82) is 5.26 Å². The lowest BCUT2D eigenvalue weighted by Gasteiger charge is -2.12. The molecule has 17 heavy (non-hydrogen) atoms. The van der Waals surface area contributed by atoms with Crippen LogP contribution in [0.5, 0.6) is 0 Å². The molecular weight excluding hydrogens is 212 g/mol. The van der Waals surface area contributed by atoms with Crippen LogP contribution in [-0.4, -0.2) is 9.97 Å². The molecule has 0 radical (unpaired) electrons. The molecule has 0 amide bonds. The minimum atomic E-state index is 0.440. The highest BCUT2D eigenvalue weighted by Gasteiger charge is 2.07. The van der Waals surface area contributed by atoms with Crippen LogP contribution >= 0.6 is 0 Å². The second kappa shape index (κ2) is 4.62. The van der Waals surface area contributed by atoms with Gasteiger partial charge in [-0.3, -0.25) is 0 Å². The van der Waals surface area contributed by atoms with Crippen molar-refractivity contribution < 1.29 is 0 Å². The number of para-hydroxylation sites is 1. The molecule has 2 rings (SSSR count). The van der Waals surface area contributed by atoms with Crippen molar-refractivity contribution in [1.82, 2.24) is 9.97 Å². The Morgan fingerprint density at radius 3 is 2.59 bits per heavy atom. The fraction of sp³-hybridized carbons (Fsp3) is 0.154. The van der Waals surface area contributed by atoms with Crippen molar-refractivity contribution >= 4 is 11.5 Å². The summed E-state index contributed by atoms with van der Waals surface area (Å²) in [5.74, 6) is 0.542. The number of anilines is 2. The van der Waals surface area contributed by atoms with Crippen LogP contribution in [0.3, 0.4) is 0 Å². The van der Waals surface area contributed by atoms with Crippen LogP contribution in [0.4, 0.5) is 11.5 Å². The molecule has 0 aliphatic heterocycles. The van der Waals surface area contributed by atoms with E-state index in [2.05, 4.69) is 21.4 Å². The molecule has 1 aromatic heterocycles.